The van der Waals surface area contributed by atoms with Gasteiger partial charge in [-0.1, -0.05) is 12.1 Å². The zero-order valence-electron chi connectivity index (χ0n) is 9.85. The fourth-order valence-electron chi connectivity index (χ4n) is 2.02. The van der Waals surface area contributed by atoms with Crippen LogP contribution in [0.15, 0.2) is 29.2 Å². The van der Waals surface area contributed by atoms with Gasteiger partial charge in [-0.3, -0.25) is 4.79 Å². The Bertz CT molecular complexity index is 402. The van der Waals surface area contributed by atoms with Gasteiger partial charge in [-0.05, 0) is 25.5 Å². The summed E-state index contributed by atoms with van der Waals surface area (Å²) in [6.45, 7) is 3.57. The fraction of sp³-hybridized carbons (Fsp3) is 0.462. The van der Waals surface area contributed by atoms with Crippen LogP contribution < -0.4 is 5.32 Å². The molecule has 4 heteroatoms. The number of hydrogen-bond acceptors (Lipinski definition) is 3. The molecule has 0 spiro atoms. The van der Waals surface area contributed by atoms with Gasteiger partial charge in [0.2, 0.25) is 0 Å². The van der Waals surface area contributed by atoms with Crippen molar-refractivity contribution in [3.05, 3.63) is 29.8 Å². The van der Waals surface area contributed by atoms with Crippen molar-refractivity contribution in [3.63, 3.8) is 0 Å². The van der Waals surface area contributed by atoms with Gasteiger partial charge in [-0.2, -0.15) is 0 Å². The summed E-state index contributed by atoms with van der Waals surface area (Å²) in [6, 6.07) is 7.46. The quantitative estimate of drug-likeness (QED) is 0.808. The van der Waals surface area contributed by atoms with Crippen molar-refractivity contribution in [1.29, 1.82) is 0 Å². The highest BCUT2D eigenvalue weighted by atomic mass is 32.1. The van der Waals surface area contributed by atoms with Gasteiger partial charge in [0.05, 0.1) is 12.2 Å². The van der Waals surface area contributed by atoms with Crippen LogP contribution in [-0.2, 0) is 4.74 Å². The van der Waals surface area contributed by atoms with Crippen molar-refractivity contribution in [2.45, 2.75) is 24.3 Å². The molecule has 0 aliphatic carbocycles. The molecule has 1 aromatic carbocycles. The molecule has 2 rings (SSSR count). The highest BCUT2D eigenvalue weighted by Gasteiger charge is 2.24. The molecule has 1 amide bonds. The van der Waals surface area contributed by atoms with Crippen molar-refractivity contribution in [1.82, 2.24) is 5.32 Å². The monoisotopic (exact) mass is 251 g/mol. The van der Waals surface area contributed by atoms with Crippen LogP contribution in [-0.4, -0.2) is 25.2 Å². The molecule has 0 radical (unpaired) electrons. The van der Waals surface area contributed by atoms with Crippen molar-refractivity contribution in [3.8, 4) is 0 Å². The minimum atomic E-state index is -0.0602. The van der Waals surface area contributed by atoms with E-state index in [0.717, 1.165) is 19.6 Å². The molecule has 1 aliphatic rings. The van der Waals surface area contributed by atoms with E-state index >= 15 is 0 Å². The first kappa shape index (κ1) is 12.5. The molecule has 0 bridgehead atoms. The predicted molar refractivity (Wildman–Crippen MR) is 69.5 cm³/mol. The Labute approximate surface area is 107 Å². The van der Waals surface area contributed by atoms with Crippen LogP contribution in [0.5, 0.6) is 0 Å². The van der Waals surface area contributed by atoms with Crippen molar-refractivity contribution in [2.24, 2.45) is 5.92 Å². The number of carbonyl (C=O) groups excluding carboxylic acids is 1. The van der Waals surface area contributed by atoms with E-state index in [-0.39, 0.29) is 11.9 Å². The van der Waals surface area contributed by atoms with Gasteiger partial charge in [0.1, 0.15) is 0 Å². The summed E-state index contributed by atoms with van der Waals surface area (Å²) < 4.78 is 5.32. The average Bonchev–Trinajstić information content (AvgIpc) is 2.82. The summed E-state index contributed by atoms with van der Waals surface area (Å²) in [6.07, 6.45) is 1.02. The first-order valence-electron chi connectivity index (χ1n) is 5.85. The molecule has 1 aromatic rings. The van der Waals surface area contributed by atoms with Gasteiger partial charge in [0, 0.05) is 23.5 Å². The van der Waals surface area contributed by atoms with Crippen LogP contribution in [0.2, 0.25) is 0 Å². The van der Waals surface area contributed by atoms with Crippen molar-refractivity contribution in [2.75, 3.05) is 13.2 Å². The maximum atomic E-state index is 12.0. The molecule has 3 nitrogen and oxygen atoms in total. The Morgan fingerprint density at radius 1 is 1.53 bits per heavy atom. The third kappa shape index (κ3) is 3.01. The molecule has 2 atom stereocenters. The molecule has 1 saturated heterocycles. The summed E-state index contributed by atoms with van der Waals surface area (Å²) in [5.74, 6) is 0.362. The van der Waals surface area contributed by atoms with E-state index in [2.05, 4.69) is 17.9 Å². The van der Waals surface area contributed by atoms with Crippen LogP contribution >= 0.6 is 12.6 Å². The standard InChI is InChI=1S/C13H17NO2S/c1-9(10-6-7-16-8-10)14-13(15)11-4-2-3-5-12(11)17/h2-5,9-10,17H,6-8H2,1H3,(H,14,15). The lowest BCUT2D eigenvalue weighted by atomic mass is 10.0. The highest BCUT2D eigenvalue weighted by molar-refractivity contribution is 7.80. The molecular weight excluding hydrogens is 234 g/mol. The van der Waals surface area contributed by atoms with Crippen molar-refractivity contribution >= 4 is 18.5 Å². The summed E-state index contributed by atoms with van der Waals surface area (Å²) >= 11 is 4.28. The van der Waals surface area contributed by atoms with Gasteiger partial charge in [-0.25, -0.2) is 0 Å². The molecule has 1 N–H and O–H groups in total. The van der Waals surface area contributed by atoms with Gasteiger partial charge in [0.25, 0.3) is 5.91 Å². The second-order valence-corrected chi connectivity index (χ2v) is 4.88. The van der Waals surface area contributed by atoms with Gasteiger partial charge in [-0.15, -0.1) is 12.6 Å². The molecule has 1 aliphatic heterocycles. The molecule has 2 unspecified atom stereocenters. The Balaban J connectivity index is 1.99. The number of hydrogen-bond donors (Lipinski definition) is 2. The first-order chi connectivity index (χ1) is 8.18. The number of thiol groups is 1. The average molecular weight is 251 g/mol. The third-order valence-corrected chi connectivity index (χ3v) is 3.57. The Morgan fingerprint density at radius 3 is 2.94 bits per heavy atom. The molecule has 1 heterocycles. The third-order valence-electron chi connectivity index (χ3n) is 3.18. The molecule has 17 heavy (non-hydrogen) atoms. The summed E-state index contributed by atoms with van der Waals surface area (Å²) in [4.78, 5) is 12.7. The second kappa shape index (κ2) is 5.56. The lowest BCUT2D eigenvalue weighted by Crippen LogP contribution is -2.38. The van der Waals surface area contributed by atoms with E-state index < -0.39 is 0 Å². The summed E-state index contributed by atoms with van der Waals surface area (Å²) in [5, 5.41) is 3.01. The van der Waals surface area contributed by atoms with Crippen LogP contribution in [0.4, 0.5) is 0 Å². The number of rotatable bonds is 3. The van der Waals surface area contributed by atoms with E-state index in [1.54, 1.807) is 6.07 Å². The van der Waals surface area contributed by atoms with E-state index in [9.17, 15) is 4.79 Å². The second-order valence-electron chi connectivity index (χ2n) is 4.40. The van der Waals surface area contributed by atoms with Crippen LogP contribution in [0.3, 0.4) is 0 Å². The minimum Gasteiger partial charge on any atom is -0.381 e. The number of carbonyl (C=O) groups is 1. The largest absolute Gasteiger partial charge is 0.381 e. The van der Waals surface area contributed by atoms with E-state index in [0.29, 0.717) is 16.4 Å². The molecule has 1 fully saturated rings. The zero-order chi connectivity index (χ0) is 12.3. The van der Waals surface area contributed by atoms with Gasteiger partial charge >= 0.3 is 0 Å². The molecule has 92 valence electrons. The number of ether oxygens (including phenoxy) is 1. The van der Waals surface area contributed by atoms with Gasteiger partial charge < -0.3 is 10.1 Å². The minimum absolute atomic E-state index is 0.0602. The summed E-state index contributed by atoms with van der Waals surface area (Å²) in [7, 11) is 0. The van der Waals surface area contributed by atoms with Crippen molar-refractivity contribution < 1.29 is 9.53 Å². The topological polar surface area (TPSA) is 38.3 Å². The maximum Gasteiger partial charge on any atom is 0.252 e. The Kier molecular flexibility index (Phi) is 4.07. The number of benzene rings is 1. The SMILES string of the molecule is CC(NC(=O)c1ccccc1S)C1CCOC1. The van der Waals surface area contributed by atoms with Crippen LogP contribution in [0.25, 0.3) is 0 Å². The van der Waals surface area contributed by atoms with E-state index in [1.165, 1.54) is 0 Å². The number of amides is 1. The lowest BCUT2D eigenvalue weighted by molar-refractivity contribution is 0.0919. The molecular formula is C13H17NO2S. The maximum absolute atomic E-state index is 12.0. The Morgan fingerprint density at radius 2 is 2.29 bits per heavy atom. The predicted octanol–water partition coefficient (Wildman–Crippen LogP) is 2.13. The fourth-order valence-corrected chi connectivity index (χ4v) is 2.28. The highest BCUT2D eigenvalue weighted by Crippen LogP contribution is 2.18. The smallest absolute Gasteiger partial charge is 0.252 e. The molecule has 0 saturated carbocycles. The molecule has 0 aromatic heterocycles. The van der Waals surface area contributed by atoms with Crippen LogP contribution in [0, 0.1) is 5.92 Å². The normalized spacial score (nSPS) is 21.2. The Hall–Kier alpha value is -1.00. The lowest BCUT2D eigenvalue weighted by Gasteiger charge is -2.19. The summed E-state index contributed by atoms with van der Waals surface area (Å²) in [5.41, 5.74) is 0.626. The van der Waals surface area contributed by atoms with E-state index in [1.807, 2.05) is 25.1 Å². The zero-order valence-corrected chi connectivity index (χ0v) is 10.7. The van der Waals surface area contributed by atoms with Crippen LogP contribution in [0.1, 0.15) is 23.7 Å². The first-order valence-corrected chi connectivity index (χ1v) is 6.30. The van der Waals surface area contributed by atoms with Gasteiger partial charge in [0.15, 0.2) is 0 Å². The van der Waals surface area contributed by atoms with E-state index in [4.69, 9.17) is 4.74 Å². The number of nitrogens with one attached hydrogen (secondary N) is 1.